The molecule has 0 bridgehead atoms. The van der Waals surface area contributed by atoms with E-state index in [-0.39, 0.29) is 25.4 Å². The third-order valence-electron chi connectivity index (χ3n) is 3.45. The van der Waals surface area contributed by atoms with Gasteiger partial charge in [-0.25, -0.2) is 0 Å². The lowest BCUT2D eigenvalue weighted by Gasteiger charge is -2.23. The molecular weight excluding hydrogens is 316 g/mol. The number of nitrogens with zero attached hydrogens (tertiary/aromatic N) is 2. The molecule has 0 spiro atoms. The number of hydrogen-bond acceptors (Lipinski definition) is 5. The van der Waals surface area contributed by atoms with Crippen LogP contribution in [-0.4, -0.2) is 64.2 Å². The van der Waals surface area contributed by atoms with E-state index in [1.54, 1.807) is 13.1 Å². The number of likely N-dealkylation sites (N-methyl/N-ethyl adjacent to an activating group) is 1. The normalized spacial score (nSPS) is 22.4. The number of likely N-dealkylation sites (tertiary alicyclic amines) is 1. The number of rotatable bonds is 5. The minimum absolute atomic E-state index is 0.0103. The number of carboxylic acid groups (broad SMARTS) is 1. The Morgan fingerprint density at radius 2 is 2.24 bits per heavy atom. The van der Waals surface area contributed by atoms with Crippen molar-refractivity contribution in [2.75, 3.05) is 20.1 Å². The highest BCUT2D eigenvalue weighted by molar-refractivity contribution is 7.16. The van der Waals surface area contributed by atoms with Crippen molar-refractivity contribution in [1.82, 2.24) is 9.80 Å². The Hall–Kier alpha value is -1.15. The van der Waals surface area contributed by atoms with E-state index in [1.165, 1.54) is 21.1 Å². The average Bonchev–Trinajstić information content (AvgIpc) is 2.95. The molecule has 2 heterocycles. The van der Waals surface area contributed by atoms with Crippen LogP contribution in [0.15, 0.2) is 12.1 Å². The van der Waals surface area contributed by atoms with Gasteiger partial charge in [0.2, 0.25) is 5.91 Å². The number of halogens is 1. The summed E-state index contributed by atoms with van der Waals surface area (Å²) in [5.41, 5.74) is 0. The second-order valence-corrected chi connectivity index (χ2v) is 6.93. The Labute approximate surface area is 131 Å². The van der Waals surface area contributed by atoms with E-state index in [4.69, 9.17) is 16.7 Å². The quantitative estimate of drug-likeness (QED) is 0.836. The number of hydrogen-bond donors (Lipinski definition) is 2. The van der Waals surface area contributed by atoms with Crippen molar-refractivity contribution >= 4 is 34.8 Å². The van der Waals surface area contributed by atoms with E-state index < -0.39 is 18.1 Å². The molecule has 1 amide bonds. The first-order valence-electron chi connectivity index (χ1n) is 6.50. The lowest BCUT2D eigenvalue weighted by atomic mass is 10.2. The SMILES string of the molecule is CN(Cc1ccc(Cl)s1)C(=O)CN1CC(O)CC1C(=O)O. The number of β-amino-alcohol motifs (C(OH)–C–C–N with tert-alkyl or cyclic N) is 1. The zero-order valence-electron chi connectivity index (χ0n) is 11.5. The highest BCUT2D eigenvalue weighted by Crippen LogP contribution is 2.23. The van der Waals surface area contributed by atoms with Crippen LogP contribution >= 0.6 is 22.9 Å². The van der Waals surface area contributed by atoms with Gasteiger partial charge in [0.1, 0.15) is 6.04 Å². The summed E-state index contributed by atoms with van der Waals surface area (Å²) in [6.07, 6.45) is -0.535. The molecule has 2 unspecified atom stereocenters. The first-order valence-corrected chi connectivity index (χ1v) is 7.69. The molecule has 8 heteroatoms. The minimum Gasteiger partial charge on any atom is -0.480 e. The van der Waals surface area contributed by atoms with Gasteiger partial charge in [-0.1, -0.05) is 11.6 Å². The van der Waals surface area contributed by atoms with Crippen LogP contribution < -0.4 is 0 Å². The van der Waals surface area contributed by atoms with Gasteiger partial charge in [-0.3, -0.25) is 14.5 Å². The number of amides is 1. The van der Waals surface area contributed by atoms with E-state index in [2.05, 4.69) is 0 Å². The summed E-state index contributed by atoms with van der Waals surface area (Å²) in [6.45, 7) is 0.634. The smallest absolute Gasteiger partial charge is 0.321 e. The molecule has 116 valence electrons. The Bertz CT molecular complexity index is 536. The van der Waals surface area contributed by atoms with Gasteiger partial charge in [-0.05, 0) is 12.1 Å². The monoisotopic (exact) mass is 332 g/mol. The van der Waals surface area contributed by atoms with Crippen LogP contribution in [0.4, 0.5) is 0 Å². The fraction of sp³-hybridized carbons (Fsp3) is 0.538. The van der Waals surface area contributed by atoms with E-state index >= 15 is 0 Å². The largest absolute Gasteiger partial charge is 0.480 e. The zero-order valence-corrected chi connectivity index (χ0v) is 13.1. The summed E-state index contributed by atoms with van der Waals surface area (Å²) >= 11 is 7.25. The third kappa shape index (κ3) is 4.16. The molecule has 0 saturated carbocycles. The van der Waals surface area contributed by atoms with E-state index in [1.807, 2.05) is 6.07 Å². The molecule has 0 aliphatic carbocycles. The predicted octanol–water partition coefficient (Wildman–Crippen LogP) is 0.880. The lowest BCUT2D eigenvalue weighted by Crippen LogP contribution is -2.43. The van der Waals surface area contributed by atoms with Crippen LogP contribution in [0.25, 0.3) is 0 Å². The average molecular weight is 333 g/mol. The standard InChI is InChI=1S/C13H17ClN2O4S/c1-15(6-9-2-3-11(14)21-9)12(18)7-16-5-8(17)4-10(16)13(19)20/h2-3,8,10,17H,4-7H2,1H3,(H,19,20). The summed E-state index contributed by atoms with van der Waals surface area (Å²) in [6, 6.07) is 2.83. The molecular formula is C13H17ClN2O4S. The Morgan fingerprint density at radius 3 is 2.81 bits per heavy atom. The van der Waals surface area contributed by atoms with Crippen LogP contribution in [0.2, 0.25) is 4.34 Å². The van der Waals surface area contributed by atoms with Crippen LogP contribution in [-0.2, 0) is 16.1 Å². The van der Waals surface area contributed by atoms with Crippen LogP contribution in [0.5, 0.6) is 0 Å². The van der Waals surface area contributed by atoms with Gasteiger partial charge in [-0.2, -0.15) is 0 Å². The van der Waals surface area contributed by atoms with E-state index in [9.17, 15) is 14.7 Å². The summed E-state index contributed by atoms with van der Waals surface area (Å²) in [5, 5.41) is 18.7. The Kier molecular flexibility index (Phi) is 5.21. The minimum atomic E-state index is -1.01. The van der Waals surface area contributed by atoms with Crippen molar-refractivity contribution in [2.45, 2.75) is 25.1 Å². The first kappa shape index (κ1) is 16.2. The molecule has 2 N–H and O–H groups in total. The number of carbonyl (C=O) groups is 2. The van der Waals surface area contributed by atoms with Gasteiger partial charge >= 0.3 is 5.97 Å². The van der Waals surface area contributed by atoms with Gasteiger partial charge < -0.3 is 15.1 Å². The highest BCUT2D eigenvalue weighted by atomic mass is 35.5. The molecule has 1 aromatic rings. The second-order valence-electron chi connectivity index (χ2n) is 5.13. The number of aliphatic hydroxyl groups excluding tert-OH is 1. The van der Waals surface area contributed by atoms with Crippen molar-refractivity contribution < 1.29 is 19.8 Å². The van der Waals surface area contributed by atoms with E-state index in [0.717, 1.165) is 4.88 Å². The van der Waals surface area contributed by atoms with Crippen LogP contribution in [0.1, 0.15) is 11.3 Å². The van der Waals surface area contributed by atoms with Crippen molar-refractivity contribution in [2.24, 2.45) is 0 Å². The number of aliphatic hydroxyl groups is 1. The second kappa shape index (κ2) is 6.74. The number of carboxylic acids is 1. The van der Waals surface area contributed by atoms with Gasteiger partial charge in [-0.15, -0.1) is 11.3 Å². The molecule has 0 aromatic carbocycles. The molecule has 0 radical (unpaired) electrons. The zero-order chi connectivity index (χ0) is 15.6. The molecule has 21 heavy (non-hydrogen) atoms. The molecule has 1 aromatic heterocycles. The maximum atomic E-state index is 12.2. The van der Waals surface area contributed by atoms with E-state index in [0.29, 0.717) is 10.9 Å². The summed E-state index contributed by atoms with van der Waals surface area (Å²) < 4.78 is 0.666. The summed E-state index contributed by atoms with van der Waals surface area (Å²) in [7, 11) is 1.66. The topological polar surface area (TPSA) is 81.1 Å². The fourth-order valence-corrected chi connectivity index (χ4v) is 3.51. The van der Waals surface area contributed by atoms with Gasteiger partial charge in [0.15, 0.2) is 0 Å². The molecule has 1 aliphatic rings. The van der Waals surface area contributed by atoms with Gasteiger partial charge in [0, 0.05) is 24.9 Å². The molecule has 6 nitrogen and oxygen atoms in total. The number of aliphatic carboxylic acids is 1. The fourth-order valence-electron chi connectivity index (χ4n) is 2.36. The van der Waals surface area contributed by atoms with Gasteiger partial charge in [0.05, 0.1) is 23.5 Å². The summed E-state index contributed by atoms with van der Waals surface area (Å²) in [4.78, 5) is 27.3. The predicted molar refractivity (Wildman–Crippen MR) is 79.4 cm³/mol. The summed E-state index contributed by atoms with van der Waals surface area (Å²) in [5.74, 6) is -1.19. The van der Waals surface area contributed by atoms with Crippen molar-refractivity contribution in [1.29, 1.82) is 0 Å². The lowest BCUT2D eigenvalue weighted by molar-refractivity contribution is -0.143. The van der Waals surface area contributed by atoms with Crippen molar-refractivity contribution in [3.63, 3.8) is 0 Å². The van der Waals surface area contributed by atoms with Crippen LogP contribution in [0, 0.1) is 0 Å². The Morgan fingerprint density at radius 1 is 1.52 bits per heavy atom. The number of carbonyl (C=O) groups excluding carboxylic acids is 1. The molecule has 1 aliphatic heterocycles. The Balaban J connectivity index is 1.92. The van der Waals surface area contributed by atoms with Crippen molar-refractivity contribution in [3.8, 4) is 0 Å². The molecule has 2 rings (SSSR count). The first-order chi connectivity index (χ1) is 9.86. The molecule has 1 fully saturated rings. The highest BCUT2D eigenvalue weighted by Gasteiger charge is 2.37. The molecule has 1 saturated heterocycles. The third-order valence-corrected chi connectivity index (χ3v) is 4.67. The van der Waals surface area contributed by atoms with Gasteiger partial charge in [0.25, 0.3) is 0 Å². The number of thiophene rings is 1. The van der Waals surface area contributed by atoms with Crippen LogP contribution in [0.3, 0.4) is 0 Å². The maximum Gasteiger partial charge on any atom is 0.321 e. The maximum absolute atomic E-state index is 12.2. The van der Waals surface area contributed by atoms with Crippen molar-refractivity contribution in [3.05, 3.63) is 21.3 Å². The molecule has 2 atom stereocenters.